The number of halogens is 1. The number of hydrogen-bond acceptors (Lipinski definition) is 2. The molecular weight excluding hydrogens is 339 g/mol. The first-order valence-electron chi connectivity index (χ1n) is 6.24. The summed E-state index contributed by atoms with van der Waals surface area (Å²) in [5, 5.41) is 2.96. The standard InChI is InChI=1S/C14H21IN2O/c1-17(2)10-4-3-9-16-14(18)11-12-5-7-13(15)8-6-12/h5-8H,3-4,9-11H2,1-2H3,(H,16,18). The zero-order valence-electron chi connectivity index (χ0n) is 11.1. The Bertz CT molecular complexity index is 363. The number of nitrogens with one attached hydrogen (secondary N) is 1. The average Bonchev–Trinajstić information content (AvgIpc) is 2.31. The maximum Gasteiger partial charge on any atom is 0.224 e. The van der Waals surface area contributed by atoms with E-state index >= 15 is 0 Å². The minimum absolute atomic E-state index is 0.112. The fraction of sp³-hybridized carbons (Fsp3) is 0.500. The summed E-state index contributed by atoms with van der Waals surface area (Å²) in [5.74, 6) is 0.112. The van der Waals surface area contributed by atoms with Gasteiger partial charge in [0.2, 0.25) is 5.91 Å². The van der Waals surface area contributed by atoms with Crippen molar-refractivity contribution < 1.29 is 4.79 Å². The third kappa shape index (κ3) is 6.96. The first-order chi connectivity index (χ1) is 8.58. The van der Waals surface area contributed by atoms with Crippen LogP contribution < -0.4 is 5.32 Å². The summed E-state index contributed by atoms with van der Waals surface area (Å²) in [4.78, 5) is 13.8. The summed E-state index contributed by atoms with van der Waals surface area (Å²) in [6, 6.07) is 8.07. The molecule has 0 saturated carbocycles. The van der Waals surface area contributed by atoms with Crippen molar-refractivity contribution in [2.24, 2.45) is 0 Å². The number of nitrogens with zero attached hydrogens (tertiary/aromatic N) is 1. The quantitative estimate of drug-likeness (QED) is 0.598. The number of benzene rings is 1. The molecule has 0 atom stereocenters. The van der Waals surface area contributed by atoms with E-state index < -0.39 is 0 Å². The van der Waals surface area contributed by atoms with Gasteiger partial charge in [-0.3, -0.25) is 4.79 Å². The van der Waals surface area contributed by atoms with Crippen LogP contribution in [0.15, 0.2) is 24.3 Å². The number of carbonyl (C=O) groups excluding carboxylic acids is 1. The molecule has 0 unspecified atom stereocenters. The minimum atomic E-state index is 0.112. The number of unbranched alkanes of at least 4 members (excludes halogenated alkanes) is 1. The third-order valence-corrected chi connectivity index (χ3v) is 3.35. The molecule has 0 fully saturated rings. The van der Waals surface area contributed by atoms with Crippen LogP contribution in [-0.4, -0.2) is 38.0 Å². The van der Waals surface area contributed by atoms with E-state index in [4.69, 9.17) is 0 Å². The maximum absolute atomic E-state index is 11.7. The highest BCUT2D eigenvalue weighted by Gasteiger charge is 2.02. The van der Waals surface area contributed by atoms with E-state index in [1.165, 1.54) is 3.57 Å². The highest BCUT2D eigenvalue weighted by atomic mass is 127. The van der Waals surface area contributed by atoms with Crippen molar-refractivity contribution in [1.82, 2.24) is 10.2 Å². The van der Waals surface area contributed by atoms with Crippen molar-refractivity contribution in [2.75, 3.05) is 27.2 Å². The topological polar surface area (TPSA) is 32.3 Å². The van der Waals surface area contributed by atoms with Gasteiger partial charge in [-0.25, -0.2) is 0 Å². The number of hydrogen-bond donors (Lipinski definition) is 1. The summed E-state index contributed by atoms with van der Waals surface area (Å²) in [6.07, 6.45) is 2.64. The molecule has 0 aliphatic rings. The Kier molecular flexibility index (Phi) is 7.27. The number of carbonyl (C=O) groups is 1. The molecule has 1 aromatic carbocycles. The van der Waals surface area contributed by atoms with E-state index in [0.29, 0.717) is 6.42 Å². The Morgan fingerprint density at radius 1 is 1.22 bits per heavy atom. The molecule has 0 aliphatic carbocycles. The van der Waals surface area contributed by atoms with Gasteiger partial charge in [-0.2, -0.15) is 0 Å². The van der Waals surface area contributed by atoms with Crippen LogP contribution in [-0.2, 0) is 11.2 Å². The fourth-order valence-corrected chi connectivity index (χ4v) is 1.99. The Labute approximate surface area is 123 Å². The van der Waals surface area contributed by atoms with Gasteiger partial charge in [0, 0.05) is 10.1 Å². The van der Waals surface area contributed by atoms with Crippen LogP contribution in [0.3, 0.4) is 0 Å². The summed E-state index contributed by atoms with van der Waals surface area (Å²) < 4.78 is 1.19. The van der Waals surface area contributed by atoms with Gasteiger partial charge >= 0.3 is 0 Å². The van der Waals surface area contributed by atoms with Crippen LogP contribution in [0, 0.1) is 3.57 Å². The molecule has 0 saturated heterocycles. The molecule has 3 nitrogen and oxygen atoms in total. The lowest BCUT2D eigenvalue weighted by atomic mass is 10.1. The molecule has 0 aliphatic heterocycles. The summed E-state index contributed by atoms with van der Waals surface area (Å²) in [6.45, 7) is 1.85. The highest BCUT2D eigenvalue weighted by Crippen LogP contribution is 2.07. The van der Waals surface area contributed by atoms with E-state index in [1.807, 2.05) is 24.3 Å². The Hall–Kier alpha value is -0.620. The highest BCUT2D eigenvalue weighted by molar-refractivity contribution is 14.1. The average molecular weight is 360 g/mol. The minimum Gasteiger partial charge on any atom is -0.356 e. The van der Waals surface area contributed by atoms with Gasteiger partial charge in [0.1, 0.15) is 0 Å². The van der Waals surface area contributed by atoms with Crippen LogP contribution >= 0.6 is 22.6 Å². The van der Waals surface area contributed by atoms with Crippen molar-refractivity contribution in [3.05, 3.63) is 33.4 Å². The summed E-state index contributed by atoms with van der Waals surface area (Å²) in [5.41, 5.74) is 1.07. The van der Waals surface area contributed by atoms with Crippen LogP contribution in [0.2, 0.25) is 0 Å². The Balaban J connectivity index is 2.16. The van der Waals surface area contributed by atoms with Crippen molar-refractivity contribution in [3.63, 3.8) is 0 Å². The smallest absolute Gasteiger partial charge is 0.224 e. The van der Waals surface area contributed by atoms with Gasteiger partial charge in [0.15, 0.2) is 0 Å². The molecule has 0 radical (unpaired) electrons. The first kappa shape index (κ1) is 15.4. The van der Waals surface area contributed by atoms with Crippen LogP contribution in [0.1, 0.15) is 18.4 Å². The second-order valence-corrected chi connectivity index (χ2v) is 5.91. The van der Waals surface area contributed by atoms with Crippen molar-refractivity contribution in [2.45, 2.75) is 19.3 Å². The van der Waals surface area contributed by atoms with E-state index in [9.17, 15) is 4.79 Å². The lowest BCUT2D eigenvalue weighted by Crippen LogP contribution is -2.26. The van der Waals surface area contributed by atoms with E-state index in [0.717, 1.165) is 31.5 Å². The monoisotopic (exact) mass is 360 g/mol. The molecule has 1 rings (SSSR count). The van der Waals surface area contributed by atoms with Crippen molar-refractivity contribution >= 4 is 28.5 Å². The fourth-order valence-electron chi connectivity index (χ4n) is 1.63. The van der Waals surface area contributed by atoms with Crippen molar-refractivity contribution in [1.29, 1.82) is 0 Å². The normalized spacial score (nSPS) is 10.7. The molecule has 0 spiro atoms. The Morgan fingerprint density at radius 3 is 2.50 bits per heavy atom. The van der Waals surface area contributed by atoms with Gasteiger partial charge in [-0.05, 0) is 73.8 Å². The van der Waals surface area contributed by atoms with Gasteiger partial charge in [0.25, 0.3) is 0 Å². The summed E-state index contributed by atoms with van der Waals surface area (Å²) >= 11 is 2.26. The second-order valence-electron chi connectivity index (χ2n) is 4.66. The predicted molar refractivity (Wildman–Crippen MR) is 83.7 cm³/mol. The van der Waals surface area contributed by atoms with Crippen molar-refractivity contribution in [3.8, 4) is 0 Å². The predicted octanol–water partition coefficient (Wildman–Crippen LogP) is 2.29. The number of rotatable bonds is 7. The molecule has 4 heteroatoms. The van der Waals surface area contributed by atoms with Crippen LogP contribution in [0.5, 0.6) is 0 Å². The van der Waals surface area contributed by atoms with Gasteiger partial charge in [-0.1, -0.05) is 12.1 Å². The SMILES string of the molecule is CN(C)CCCCNC(=O)Cc1ccc(I)cc1. The molecule has 18 heavy (non-hydrogen) atoms. The molecule has 1 N–H and O–H groups in total. The maximum atomic E-state index is 11.7. The molecule has 0 aromatic heterocycles. The van der Waals surface area contributed by atoms with Crippen LogP contribution in [0.4, 0.5) is 0 Å². The van der Waals surface area contributed by atoms with E-state index in [2.05, 4.69) is 46.9 Å². The zero-order chi connectivity index (χ0) is 13.4. The third-order valence-electron chi connectivity index (χ3n) is 2.63. The van der Waals surface area contributed by atoms with Gasteiger partial charge in [0.05, 0.1) is 6.42 Å². The lowest BCUT2D eigenvalue weighted by molar-refractivity contribution is -0.120. The lowest BCUT2D eigenvalue weighted by Gasteiger charge is -2.09. The number of amides is 1. The molecule has 100 valence electrons. The van der Waals surface area contributed by atoms with E-state index in [-0.39, 0.29) is 5.91 Å². The largest absolute Gasteiger partial charge is 0.356 e. The molecule has 0 heterocycles. The van der Waals surface area contributed by atoms with E-state index in [1.54, 1.807) is 0 Å². The molecule has 1 aromatic rings. The van der Waals surface area contributed by atoms with Crippen LogP contribution in [0.25, 0.3) is 0 Å². The molecule has 1 amide bonds. The zero-order valence-corrected chi connectivity index (χ0v) is 13.2. The first-order valence-corrected chi connectivity index (χ1v) is 7.31. The van der Waals surface area contributed by atoms with Gasteiger partial charge < -0.3 is 10.2 Å². The second kappa shape index (κ2) is 8.48. The summed E-state index contributed by atoms with van der Waals surface area (Å²) in [7, 11) is 4.13. The molecule has 0 bridgehead atoms. The molecular formula is C14H21IN2O. The Morgan fingerprint density at radius 2 is 1.89 bits per heavy atom. The van der Waals surface area contributed by atoms with Gasteiger partial charge in [-0.15, -0.1) is 0 Å².